The minimum atomic E-state index is 0.564. The molecule has 0 fully saturated rings. The van der Waals surface area contributed by atoms with Gasteiger partial charge >= 0.3 is 0 Å². The van der Waals surface area contributed by atoms with Gasteiger partial charge < -0.3 is 4.42 Å². The zero-order chi connectivity index (χ0) is 16.7. The molecule has 0 radical (unpaired) electrons. The summed E-state index contributed by atoms with van der Waals surface area (Å²) in [6, 6.07) is 3.67. The van der Waals surface area contributed by atoms with Gasteiger partial charge in [0.25, 0.3) is 0 Å². The van der Waals surface area contributed by atoms with E-state index < -0.39 is 0 Å². The molecule has 4 heterocycles. The van der Waals surface area contributed by atoms with Crippen LogP contribution in [0.15, 0.2) is 29.0 Å². The molecule has 8 heteroatoms. The lowest BCUT2D eigenvalue weighted by Gasteiger charge is -1.97. The number of nitrogens with zero attached hydrogens (tertiary/aromatic N) is 7. The van der Waals surface area contributed by atoms with Crippen molar-refractivity contribution in [1.29, 1.82) is 0 Å². The van der Waals surface area contributed by atoms with Crippen LogP contribution in [0.2, 0.25) is 0 Å². The molecule has 0 bridgehead atoms. The van der Waals surface area contributed by atoms with Gasteiger partial charge in [-0.2, -0.15) is 5.10 Å². The second-order valence-corrected chi connectivity index (χ2v) is 5.42. The molecular weight excluding hydrogens is 306 g/mol. The third-order valence-corrected chi connectivity index (χ3v) is 3.63. The van der Waals surface area contributed by atoms with Crippen LogP contribution >= 0.6 is 0 Å². The maximum Gasteiger partial charge on any atom is 0.194 e. The Kier molecular flexibility index (Phi) is 3.23. The van der Waals surface area contributed by atoms with Gasteiger partial charge in [0, 0.05) is 13.2 Å². The third-order valence-electron chi connectivity index (χ3n) is 3.63. The van der Waals surface area contributed by atoms with Crippen molar-refractivity contribution in [1.82, 2.24) is 34.3 Å². The summed E-state index contributed by atoms with van der Waals surface area (Å²) in [4.78, 5) is 13.2. The average Bonchev–Trinajstić information content (AvgIpc) is 3.28. The molecule has 4 aromatic heterocycles. The summed E-state index contributed by atoms with van der Waals surface area (Å²) in [5.41, 5.74) is 2.52. The zero-order valence-corrected chi connectivity index (χ0v) is 13.5. The van der Waals surface area contributed by atoms with Gasteiger partial charge in [0.15, 0.2) is 28.9 Å². The molecule has 0 aliphatic rings. The van der Waals surface area contributed by atoms with Gasteiger partial charge in [-0.25, -0.2) is 19.2 Å². The molecule has 0 aliphatic heterocycles. The van der Waals surface area contributed by atoms with Crippen molar-refractivity contribution in [2.24, 2.45) is 7.05 Å². The number of fused-ring (bicyclic) bond motifs is 1. The molecule has 4 aromatic rings. The van der Waals surface area contributed by atoms with Crippen LogP contribution in [0.5, 0.6) is 0 Å². The monoisotopic (exact) mass is 321 g/mol. The van der Waals surface area contributed by atoms with Gasteiger partial charge in [0.05, 0.1) is 17.7 Å². The molecule has 0 N–H and O–H groups in total. The van der Waals surface area contributed by atoms with E-state index in [2.05, 4.69) is 25.1 Å². The fraction of sp³-hybridized carbons (Fsp3) is 0.188. The highest BCUT2D eigenvalue weighted by Gasteiger charge is 2.11. The maximum atomic E-state index is 5.36. The van der Waals surface area contributed by atoms with Crippen molar-refractivity contribution >= 4 is 17.8 Å². The zero-order valence-electron chi connectivity index (χ0n) is 13.5. The molecule has 0 aromatic carbocycles. The summed E-state index contributed by atoms with van der Waals surface area (Å²) in [5.74, 6) is 2.49. The van der Waals surface area contributed by atoms with Crippen molar-refractivity contribution in [2.45, 2.75) is 13.8 Å². The number of hydrogen-bond acceptors (Lipinski definition) is 6. The van der Waals surface area contributed by atoms with Crippen LogP contribution in [-0.4, -0.2) is 34.3 Å². The first-order chi connectivity index (χ1) is 11.6. The quantitative estimate of drug-likeness (QED) is 0.575. The summed E-state index contributed by atoms with van der Waals surface area (Å²) in [7, 11) is 1.82. The first-order valence-corrected chi connectivity index (χ1v) is 7.44. The lowest BCUT2D eigenvalue weighted by Crippen LogP contribution is -1.97. The second-order valence-electron chi connectivity index (χ2n) is 5.42. The molecule has 0 aliphatic carbocycles. The standard InChI is InChI=1S/C16H15N7O/c1-10-9-17-11(2)15-18-14(21-23(10)15)7-6-13-19-16(22(3)20-13)12-5-4-8-24-12/h4-9H,1-3H3. The van der Waals surface area contributed by atoms with Crippen molar-refractivity contribution in [2.75, 3.05) is 0 Å². The van der Waals surface area contributed by atoms with E-state index in [1.165, 1.54) is 0 Å². The van der Waals surface area contributed by atoms with Crippen molar-refractivity contribution in [3.05, 3.63) is 47.6 Å². The molecule has 0 spiro atoms. The largest absolute Gasteiger partial charge is 0.461 e. The normalized spacial score (nSPS) is 11.8. The van der Waals surface area contributed by atoms with E-state index in [0.29, 0.717) is 23.2 Å². The summed E-state index contributed by atoms with van der Waals surface area (Å²) >= 11 is 0. The summed E-state index contributed by atoms with van der Waals surface area (Å²) < 4.78 is 8.81. The number of hydrogen-bond donors (Lipinski definition) is 0. The third kappa shape index (κ3) is 2.37. The van der Waals surface area contributed by atoms with E-state index in [1.807, 2.05) is 33.0 Å². The Morgan fingerprint density at radius 3 is 2.58 bits per heavy atom. The summed E-state index contributed by atoms with van der Waals surface area (Å²) in [5, 5.41) is 8.82. The van der Waals surface area contributed by atoms with E-state index in [1.54, 1.807) is 33.8 Å². The van der Waals surface area contributed by atoms with Crippen LogP contribution in [0.3, 0.4) is 0 Å². The van der Waals surface area contributed by atoms with Gasteiger partial charge in [-0.15, -0.1) is 5.10 Å². The first-order valence-electron chi connectivity index (χ1n) is 7.44. The fourth-order valence-electron chi connectivity index (χ4n) is 2.43. The minimum Gasteiger partial charge on any atom is -0.461 e. The molecular formula is C16H15N7O. The van der Waals surface area contributed by atoms with E-state index in [9.17, 15) is 0 Å². The number of aromatic nitrogens is 7. The second kappa shape index (κ2) is 5.41. The highest BCUT2D eigenvalue weighted by atomic mass is 16.3. The van der Waals surface area contributed by atoms with Crippen LogP contribution < -0.4 is 0 Å². The number of rotatable bonds is 3. The van der Waals surface area contributed by atoms with Gasteiger partial charge in [0.1, 0.15) is 0 Å². The van der Waals surface area contributed by atoms with Gasteiger partial charge in [0.2, 0.25) is 0 Å². The van der Waals surface area contributed by atoms with Gasteiger partial charge in [-0.3, -0.25) is 4.98 Å². The molecule has 4 rings (SSSR count). The van der Waals surface area contributed by atoms with Crippen LogP contribution in [0, 0.1) is 13.8 Å². The summed E-state index contributed by atoms with van der Waals surface area (Å²) in [6.45, 7) is 3.85. The molecule has 0 saturated heterocycles. The molecule has 120 valence electrons. The van der Waals surface area contributed by atoms with E-state index in [-0.39, 0.29) is 0 Å². The lowest BCUT2D eigenvalue weighted by atomic mass is 10.4. The summed E-state index contributed by atoms with van der Waals surface area (Å²) in [6.07, 6.45) is 6.95. The Morgan fingerprint density at radius 2 is 1.88 bits per heavy atom. The van der Waals surface area contributed by atoms with Crippen LogP contribution in [-0.2, 0) is 7.05 Å². The fourth-order valence-corrected chi connectivity index (χ4v) is 2.43. The molecule has 0 atom stereocenters. The smallest absolute Gasteiger partial charge is 0.194 e. The topological polar surface area (TPSA) is 86.9 Å². The Morgan fingerprint density at radius 1 is 1.08 bits per heavy atom. The van der Waals surface area contributed by atoms with Crippen LogP contribution in [0.25, 0.3) is 29.4 Å². The first kappa shape index (κ1) is 14.3. The van der Waals surface area contributed by atoms with E-state index >= 15 is 0 Å². The highest BCUT2D eigenvalue weighted by molar-refractivity contribution is 5.65. The number of furan rings is 1. The maximum absolute atomic E-state index is 5.36. The van der Waals surface area contributed by atoms with Crippen LogP contribution in [0.1, 0.15) is 23.0 Å². The van der Waals surface area contributed by atoms with E-state index in [0.717, 1.165) is 17.0 Å². The lowest BCUT2D eigenvalue weighted by molar-refractivity contribution is 0.570. The SMILES string of the molecule is Cc1ncc(C)n2nc(C=Cc3nc(-c4ccco4)n(C)n3)nc12. The Hall–Kier alpha value is -3.29. The Bertz CT molecular complexity index is 1000. The van der Waals surface area contributed by atoms with Crippen LogP contribution in [0.4, 0.5) is 0 Å². The predicted octanol–water partition coefficient (Wildman–Crippen LogP) is 2.30. The van der Waals surface area contributed by atoms with Crippen molar-refractivity contribution in [3.63, 3.8) is 0 Å². The molecule has 24 heavy (non-hydrogen) atoms. The minimum absolute atomic E-state index is 0.564. The van der Waals surface area contributed by atoms with Gasteiger partial charge in [-0.1, -0.05) is 0 Å². The Labute approximate surface area is 137 Å². The molecule has 0 amide bonds. The predicted molar refractivity (Wildman–Crippen MR) is 87.9 cm³/mol. The Balaban J connectivity index is 1.67. The molecule has 0 unspecified atom stereocenters. The molecule has 0 saturated carbocycles. The number of aryl methyl sites for hydroxylation is 3. The van der Waals surface area contributed by atoms with Crippen molar-refractivity contribution < 1.29 is 4.42 Å². The highest BCUT2D eigenvalue weighted by Crippen LogP contribution is 2.17. The van der Waals surface area contributed by atoms with E-state index in [4.69, 9.17) is 4.42 Å². The average molecular weight is 321 g/mol. The van der Waals surface area contributed by atoms with Crippen molar-refractivity contribution in [3.8, 4) is 11.6 Å². The van der Waals surface area contributed by atoms with Gasteiger partial charge in [-0.05, 0) is 38.1 Å². The molecule has 8 nitrogen and oxygen atoms in total.